The van der Waals surface area contributed by atoms with Gasteiger partial charge in [-0.3, -0.25) is 9.79 Å². The number of ketones is 1. The Kier molecular flexibility index (Phi) is 4.58. The van der Waals surface area contributed by atoms with Crippen LogP contribution < -0.4 is 5.73 Å². The number of nitrogens with one attached hydrogen (secondary N) is 1. The summed E-state index contributed by atoms with van der Waals surface area (Å²) in [5.41, 5.74) is 13.0. The van der Waals surface area contributed by atoms with Crippen molar-refractivity contribution in [3.8, 4) is 6.07 Å². The van der Waals surface area contributed by atoms with E-state index in [2.05, 4.69) is 42.9 Å². The van der Waals surface area contributed by atoms with Crippen LogP contribution in [0, 0.1) is 11.3 Å². The summed E-state index contributed by atoms with van der Waals surface area (Å²) in [6, 6.07) is 11.7. The standard InChI is InChI=1S/C25H24N4O/c1-5-15-9-19-20(10-18(15)16(12-27)13-28-4)25(2,3)24-22(23(19)30)17-7-6-14(11-26)8-21(17)29-24/h6-10,12-13,29H,5,27H2,1-4H3/b16-12+,28-13?. The van der Waals surface area contributed by atoms with E-state index in [9.17, 15) is 10.1 Å². The number of rotatable bonds is 3. The number of carbonyl (C=O) groups is 1. The molecule has 1 heterocycles. The minimum Gasteiger partial charge on any atom is -0.404 e. The quantitative estimate of drug-likeness (QED) is 0.639. The lowest BCUT2D eigenvalue weighted by atomic mass is 9.70. The second kappa shape index (κ2) is 7.00. The Bertz CT molecular complexity index is 1300. The molecule has 0 aliphatic heterocycles. The first kappa shape index (κ1) is 19.7. The maximum absolute atomic E-state index is 13.6. The highest BCUT2D eigenvalue weighted by Crippen LogP contribution is 2.45. The second-order valence-electron chi connectivity index (χ2n) is 8.12. The Hall–Kier alpha value is -3.65. The molecule has 0 saturated heterocycles. The molecule has 150 valence electrons. The number of fused-ring (bicyclic) bond motifs is 4. The molecule has 0 fully saturated rings. The predicted octanol–water partition coefficient (Wildman–Crippen LogP) is 4.47. The van der Waals surface area contributed by atoms with Gasteiger partial charge in [-0.2, -0.15) is 5.26 Å². The monoisotopic (exact) mass is 396 g/mol. The zero-order valence-electron chi connectivity index (χ0n) is 17.6. The lowest BCUT2D eigenvalue weighted by molar-refractivity contribution is 0.103. The number of nitrogens with two attached hydrogens (primary N) is 1. The molecule has 5 heteroatoms. The van der Waals surface area contributed by atoms with Crippen LogP contribution in [0.1, 0.15) is 64.6 Å². The summed E-state index contributed by atoms with van der Waals surface area (Å²) < 4.78 is 0. The minimum atomic E-state index is -0.422. The number of benzene rings is 2. The molecule has 0 atom stereocenters. The third-order valence-corrected chi connectivity index (χ3v) is 6.08. The molecular formula is C25H24N4O. The van der Waals surface area contributed by atoms with E-state index >= 15 is 0 Å². The molecule has 0 amide bonds. The van der Waals surface area contributed by atoms with Gasteiger partial charge < -0.3 is 10.7 Å². The van der Waals surface area contributed by atoms with Gasteiger partial charge in [0.15, 0.2) is 5.78 Å². The number of aliphatic imine (C=N–C) groups is 1. The fourth-order valence-electron chi connectivity index (χ4n) is 4.49. The van der Waals surface area contributed by atoms with Gasteiger partial charge in [0, 0.05) is 52.6 Å². The average molecular weight is 396 g/mol. The van der Waals surface area contributed by atoms with E-state index in [1.807, 2.05) is 12.1 Å². The van der Waals surface area contributed by atoms with Crippen molar-refractivity contribution in [2.75, 3.05) is 7.05 Å². The molecule has 1 aliphatic rings. The summed E-state index contributed by atoms with van der Waals surface area (Å²) in [4.78, 5) is 21.2. The first-order chi connectivity index (χ1) is 14.4. The Morgan fingerprint density at radius 1 is 1.30 bits per heavy atom. The number of nitrogens with zero attached hydrogens (tertiary/aromatic N) is 2. The molecule has 3 N–H and O–H groups in total. The molecule has 0 radical (unpaired) electrons. The molecule has 0 bridgehead atoms. The van der Waals surface area contributed by atoms with Crippen LogP contribution in [-0.2, 0) is 11.8 Å². The zero-order chi connectivity index (χ0) is 21.6. The highest BCUT2D eigenvalue weighted by atomic mass is 16.1. The molecule has 2 aromatic carbocycles. The molecule has 3 aromatic rings. The van der Waals surface area contributed by atoms with Crippen molar-refractivity contribution in [2.24, 2.45) is 10.7 Å². The molecule has 5 nitrogen and oxygen atoms in total. The normalized spacial score (nSPS) is 15.3. The van der Waals surface area contributed by atoms with E-state index in [0.29, 0.717) is 11.1 Å². The number of carbonyl (C=O) groups excluding carboxylic acids is 1. The van der Waals surface area contributed by atoms with Crippen LogP contribution in [0.25, 0.3) is 16.5 Å². The van der Waals surface area contributed by atoms with Crippen molar-refractivity contribution in [2.45, 2.75) is 32.6 Å². The molecular weight excluding hydrogens is 372 g/mol. The Labute approximate surface area is 175 Å². The van der Waals surface area contributed by atoms with Crippen LogP contribution in [0.4, 0.5) is 0 Å². The molecule has 30 heavy (non-hydrogen) atoms. The van der Waals surface area contributed by atoms with Gasteiger partial charge in [0.1, 0.15) is 0 Å². The number of aromatic amines is 1. The van der Waals surface area contributed by atoms with Crippen LogP contribution >= 0.6 is 0 Å². The Morgan fingerprint density at radius 3 is 2.70 bits per heavy atom. The zero-order valence-corrected chi connectivity index (χ0v) is 17.6. The molecule has 0 unspecified atom stereocenters. The van der Waals surface area contributed by atoms with E-state index in [1.54, 1.807) is 31.6 Å². The smallest absolute Gasteiger partial charge is 0.195 e. The lowest BCUT2D eigenvalue weighted by Gasteiger charge is -2.33. The van der Waals surface area contributed by atoms with Crippen molar-refractivity contribution in [1.29, 1.82) is 5.26 Å². The van der Waals surface area contributed by atoms with Gasteiger partial charge in [0.05, 0.1) is 17.2 Å². The van der Waals surface area contributed by atoms with E-state index in [-0.39, 0.29) is 5.78 Å². The average Bonchev–Trinajstić information content (AvgIpc) is 3.15. The Morgan fingerprint density at radius 2 is 2.07 bits per heavy atom. The van der Waals surface area contributed by atoms with E-state index in [0.717, 1.165) is 50.8 Å². The third-order valence-electron chi connectivity index (χ3n) is 6.08. The van der Waals surface area contributed by atoms with Crippen molar-refractivity contribution in [1.82, 2.24) is 4.98 Å². The van der Waals surface area contributed by atoms with Gasteiger partial charge in [-0.25, -0.2) is 0 Å². The number of aryl methyl sites for hydroxylation is 1. The molecule has 4 rings (SSSR count). The van der Waals surface area contributed by atoms with Crippen molar-refractivity contribution >= 4 is 28.5 Å². The first-order valence-electron chi connectivity index (χ1n) is 10.00. The predicted molar refractivity (Wildman–Crippen MR) is 121 cm³/mol. The SMILES string of the molecule is CCc1cc2c(cc1/C(C=NC)=C/N)C(C)(C)c1[nH]c3cc(C#N)ccc3c1C2=O. The highest BCUT2D eigenvalue weighted by Gasteiger charge is 2.40. The van der Waals surface area contributed by atoms with Gasteiger partial charge in [0.2, 0.25) is 0 Å². The van der Waals surface area contributed by atoms with Crippen molar-refractivity contribution < 1.29 is 4.79 Å². The van der Waals surface area contributed by atoms with Crippen LogP contribution in [-0.4, -0.2) is 24.0 Å². The summed E-state index contributed by atoms with van der Waals surface area (Å²) in [5.74, 6) is 0.0129. The number of hydrogen-bond donors (Lipinski definition) is 2. The van der Waals surface area contributed by atoms with E-state index in [1.165, 1.54) is 0 Å². The summed E-state index contributed by atoms with van der Waals surface area (Å²) in [6.45, 7) is 6.31. The van der Waals surface area contributed by atoms with Crippen LogP contribution in [0.3, 0.4) is 0 Å². The topological polar surface area (TPSA) is 95.0 Å². The molecule has 0 saturated carbocycles. The molecule has 1 aromatic heterocycles. The highest BCUT2D eigenvalue weighted by molar-refractivity contribution is 6.20. The number of H-pyrrole nitrogens is 1. The summed E-state index contributed by atoms with van der Waals surface area (Å²) >= 11 is 0. The first-order valence-corrected chi connectivity index (χ1v) is 10.00. The number of hydrogen-bond acceptors (Lipinski definition) is 4. The van der Waals surface area contributed by atoms with Gasteiger partial charge in [-0.05, 0) is 47.4 Å². The van der Waals surface area contributed by atoms with Gasteiger partial charge in [0.25, 0.3) is 0 Å². The van der Waals surface area contributed by atoms with Crippen molar-refractivity contribution in [3.63, 3.8) is 0 Å². The summed E-state index contributed by atoms with van der Waals surface area (Å²) in [6.07, 6.45) is 4.08. The van der Waals surface area contributed by atoms with Crippen LogP contribution in [0.2, 0.25) is 0 Å². The second-order valence-corrected chi connectivity index (χ2v) is 8.12. The number of aromatic nitrogens is 1. The maximum Gasteiger partial charge on any atom is 0.195 e. The number of nitriles is 1. The maximum atomic E-state index is 13.6. The number of allylic oxidation sites excluding steroid dienone is 1. The lowest BCUT2D eigenvalue weighted by Crippen LogP contribution is -2.31. The van der Waals surface area contributed by atoms with Gasteiger partial charge in [-0.1, -0.05) is 26.8 Å². The fourth-order valence-corrected chi connectivity index (χ4v) is 4.49. The Balaban J connectivity index is 2.03. The summed E-state index contributed by atoms with van der Waals surface area (Å²) in [5, 5.41) is 10.1. The summed E-state index contributed by atoms with van der Waals surface area (Å²) in [7, 11) is 1.72. The van der Waals surface area contributed by atoms with Crippen LogP contribution in [0.15, 0.2) is 41.5 Å². The van der Waals surface area contributed by atoms with Crippen molar-refractivity contribution in [3.05, 3.63) is 75.6 Å². The van der Waals surface area contributed by atoms with Crippen LogP contribution in [0.5, 0.6) is 0 Å². The molecule has 1 aliphatic carbocycles. The van der Waals surface area contributed by atoms with E-state index in [4.69, 9.17) is 5.73 Å². The van der Waals surface area contributed by atoms with Gasteiger partial charge in [-0.15, -0.1) is 0 Å². The van der Waals surface area contributed by atoms with Gasteiger partial charge >= 0.3 is 0 Å². The largest absolute Gasteiger partial charge is 0.404 e. The fraction of sp³-hybridized carbons (Fsp3) is 0.240. The minimum absolute atomic E-state index is 0.0129. The van der Waals surface area contributed by atoms with E-state index < -0.39 is 5.41 Å². The molecule has 0 spiro atoms. The third kappa shape index (κ3) is 2.68.